The molecule has 2 nitrogen and oxygen atoms in total. The summed E-state index contributed by atoms with van der Waals surface area (Å²) in [6, 6.07) is 0.324. The van der Waals surface area contributed by atoms with Crippen molar-refractivity contribution in [3.05, 3.63) is 0 Å². The van der Waals surface area contributed by atoms with Crippen molar-refractivity contribution in [3.63, 3.8) is 0 Å². The minimum atomic E-state index is 0. The van der Waals surface area contributed by atoms with Crippen LogP contribution in [0.5, 0.6) is 0 Å². The van der Waals surface area contributed by atoms with Crippen LogP contribution in [0.25, 0.3) is 0 Å². The molecule has 4 heteroatoms. The smallest absolute Gasteiger partial charge is 0.0186 e. The molecule has 4 N–H and O–H groups in total. The summed E-state index contributed by atoms with van der Waals surface area (Å²) in [5.41, 5.74) is 10.9. The zero-order valence-electron chi connectivity index (χ0n) is 5.83. The highest BCUT2D eigenvalue weighted by Crippen LogP contribution is 1.88. The Bertz CT molecular complexity index is 50.2. The first-order chi connectivity index (χ1) is 3.18. The lowest BCUT2D eigenvalue weighted by Crippen LogP contribution is -2.38. The maximum atomic E-state index is 5.49. The van der Waals surface area contributed by atoms with E-state index in [2.05, 4.69) is 0 Å². The fourth-order valence-electron chi connectivity index (χ4n) is 0.372. The van der Waals surface area contributed by atoms with Crippen LogP contribution in [-0.2, 0) is 0 Å². The van der Waals surface area contributed by atoms with Gasteiger partial charge in [-0.25, -0.2) is 0 Å². The summed E-state index contributed by atoms with van der Waals surface area (Å²) in [6.07, 6.45) is 0.970. The molecule has 0 radical (unpaired) electrons. The third-order valence-electron chi connectivity index (χ3n) is 1.15. The number of rotatable bonds is 2. The van der Waals surface area contributed by atoms with Gasteiger partial charge in [0.05, 0.1) is 0 Å². The van der Waals surface area contributed by atoms with E-state index in [-0.39, 0.29) is 46.0 Å². The molecule has 0 spiro atoms. The van der Waals surface area contributed by atoms with E-state index in [0.29, 0.717) is 0 Å². The molecule has 0 saturated heterocycles. The normalized spacial score (nSPS) is 14.7. The third kappa shape index (κ3) is 8.88. The fourth-order valence-corrected chi connectivity index (χ4v) is 0.372. The van der Waals surface area contributed by atoms with Crippen molar-refractivity contribution in [2.45, 2.75) is 32.4 Å². The minimum absolute atomic E-state index is 0. The van der Waals surface area contributed by atoms with E-state index in [1.165, 1.54) is 0 Å². The van der Waals surface area contributed by atoms with Crippen LogP contribution in [0, 0.1) is 0 Å². The molecule has 2 atom stereocenters. The second kappa shape index (κ2) is 8.88. The largest absolute Gasteiger partial charge is 0.327 e. The van der Waals surface area contributed by atoms with Gasteiger partial charge < -0.3 is 11.5 Å². The summed E-state index contributed by atoms with van der Waals surface area (Å²) in [6.45, 7) is 3.96. The molecular weight excluding hydrogens is 248 g/mol. The molecule has 0 aromatic heterocycles. The van der Waals surface area contributed by atoms with E-state index in [4.69, 9.17) is 11.5 Å². The lowest BCUT2D eigenvalue weighted by molar-refractivity contribution is 0.545. The van der Waals surface area contributed by atoms with E-state index in [0.717, 1.165) is 6.42 Å². The zero-order chi connectivity index (χ0) is 5.86. The predicted octanol–water partition coefficient (Wildman–Crippen LogP) is 1.23. The van der Waals surface area contributed by atoms with Gasteiger partial charge in [0.2, 0.25) is 0 Å². The van der Waals surface area contributed by atoms with Crippen LogP contribution in [-0.4, -0.2) is 12.1 Å². The Morgan fingerprint density at radius 2 is 1.56 bits per heavy atom. The summed E-state index contributed by atoms with van der Waals surface area (Å²) < 4.78 is 0. The first-order valence-electron chi connectivity index (χ1n) is 2.69. The van der Waals surface area contributed by atoms with Gasteiger partial charge in [-0.3, -0.25) is 0 Å². The lowest BCUT2D eigenvalue weighted by Gasteiger charge is -2.11. The van der Waals surface area contributed by atoms with Crippen LogP contribution < -0.4 is 11.5 Å². The van der Waals surface area contributed by atoms with Crippen LogP contribution in [0.3, 0.4) is 0 Å². The van der Waals surface area contributed by atoms with E-state index < -0.39 is 0 Å². The number of nitrogens with two attached hydrogens (primary N) is 2. The van der Waals surface area contributed by atoms with Crippen LogP contribution in [0.1, 0.15) is 20.3 Å². The highest BCUT2D eigenvalue weighted by atomic mass is 79.9. The molecule has 0 aromatic rings. The summed E-state index contributed by atoms with van der Waals surface area (Å²) in [5, 5.41) is 0. The standard InChI is InChI=1S/C5H14N2.2BrH/c1-3-5(7)4(2)6;;/h4-5H,3,6-7H2,1-2H3;2*1H. The Balaban J connectivity index is -0.000000180. The van der Waals surface area contributed by atoms with Crippen LogP contribution in [0.4, 0.5) is 0 Å². The van der Waals surface area contributed by atoms with Crippen molar-refractivity contribution in [2.24, 2.45) is 11.5 Å². The van der Waals surface area contributed by atoms with E-state index >= 15 is 0 Å². The van der Waals surface area contributed by atoms with Crippen molar-refractivity contribution in [1.82, 2.24) is 0 Å². The summed E-state index contributed by atoms with van der Waals surface area (Å²) in [4.78, 5) is 0. The van der Waals surface area contributed by atoms with Gasteiger partial charge >= 0.3 is 0 Å². The summed E-state index contributed by atoms with van der Waals surface area (Å²) in [5.74, 6) is 0. The first kappa shape index (κ1) is 16.5. The molecule has 0 bridgehead atoms. The first-order valence-corrected chi connectivity index (χ1v) is 2.69. The van der Waals surface area contributed by atoms with Gasteiger partial charge in [-0.05, 0) is 13.3 Å². The Hall–Kier alpha value is 0.880. The van der Waals surface area contributed by atoms with Crippen LogP contribution in [0.15, 0.2) is 0 Å². The van der Waals surface area contributed by atoms with Gasteiger partial charge in [0.25, 0.3) is 0 Å². The fraction of sp³-hybridized carbons (Fsp3) is 1.00. The molecule has 0 amide bonds. The Morgan fingerprint density at radius 1 is 1.22 bits per heavy atom. The number of hydrogen-bond donors (Lipinski definition) is 2. The second-order valence-electron chi connectivity index (χ2n) is 1.93. The van der Waals surface area contributed by atoms with Crippen molar-refractivity contribution < 1.29 is 0 Å². The molecule has 0 heterocycles. The van der Waals surface area contributed by atoms with Crippen molar-refractivity contribution >= 4 is 34.0 Å². The molecule has 0 aliphatic rings. The van der Waals surface area contributed by atoms with E-state index in [1.54, 1.807) is 0 Å². The predicted molar refractivity (Wildman–Crippen MR) is 52.6 cm³/mol. The topological polar surface area (TPSA) is 52.0 Å². The Labute approximate surface area is 77.9 Å². The number of halogens is 2. The van der Waals surface area contributed by atoms with Crippen molar-refractivity contribution in [3.8, 4) is 0 Å². The Kier molecular flexibility index (Phi) is 16.2. The van der Waals surface area contributed by atoms with Crippen LogP contribution >= 0.6 is 34.0 Å². The highest BCUT2D eigenvalue weighted by molar-refractivity contribution is 8.93. The van der Waals surface area contributed by atoms with Gasteiger partial charge in [0.1, 0.15) is 0 Å². The van der Waals surface area contributed by atoms with E-state index in [1.807, 2.05) is 13.8 Å². The number of hydrogen-bond acceptors (Lipinski definition) is 2. The van der Waals surface area contributed by atoms with Gasteiger partial charge in [0, 0.05) is 12.1 Å². The third-order valence-corrected chi connectivity index (χ3v) is 1.15. The monoisotopic (exact) mass is 262 g/mol. The average molecular weight is 264 g/mol. The van der Waals surface area contributed by atoms with Crippen LogP contribution in [0.2, 0.25) is 0 Å². The van der Waals surface area contributed by atoms with Crippen molar-refractivity contribution in [2.75, 3.05) is 0 Å². The van der Waals surface area contributed by atoms with Gasteiger partial charge in [-0.1, -0.05) is 6.92 Å². The Morgan fingerprint density at radius 3 is 1.56 bits per heavy atom. The molecule has 0 aromatic carbocycles. The molecule has 0 aliphatic carbocycles. The molecule has 9 heavy (non-hydrogen) atoms. The molecule has 0 fully saturated rings. The average Bonchev–Trinajstić information content (AvgIpc) is 1.65. The zero-order valence-corrected chi connectivity index (χ0v) is 9.26. The molecule has 0 saturated carbocycles. The highest BCUT2D eigenvalue weighted by Gasteiger charge is 2.01. The minimum Gasteiger partial charge on any atom is -0.327 e. The van der Waals surface area contributed by atoms with Gasteiger partial charge in [-0.15, -0.1) is 34.0 Å². The lowest BCUT2D eigenvalue weighted by atomic mass is 10.1. The van der Waals surface area contributed by atoms with Gasteiger partial charge in [-0.2, -0.15) is 0 Å². The van der Waals surface area contributed by atoms with Crippen molar-refractivity contribution in [1.29, 1.82) is 0 Å². The maximum Gasteiger partial charge on any atom is 0.0186 e. The molecule has 0 rings (SSSR count). The summed E-state index contributed by atoms with van der Waals surface area (Å²) >= 11 is 0. The SMILES string of the molecule is Br.Br.CCC(N)C(C)N. The molecule has 60 valence electrons. The second-order valence-corrected chi connectivity index (χ2v) is 1.93. The molecular formula is C5H16Br2N2. The van der Waals surface area contributed by atoms with Gasteiger partial charge in [0.15, 0.2) is 0 Å². The molecule has 0 aliphatic heterocycles. The molecule has 2 unspecified atom stereocenters. The maximum absolute atomic E-state index is 5.49. The quantitative estimate of drug-likeness (QED) is 0.788. The summed E-state index contributed by atoms with van der Waals surface area (Å²) in [7, 11) is 0. The van der Waals surface area contributed by atoms with E-state index in [9.17, 15) is 0 Å².